The van der Waals surface area contributed by atoms with Gasteiger partial charge in [0.25, 0.3) is 5.91 Å². The minimum absolute atomic E-state index is 0.146. The molecule has 25 heavy (non-hydrogen) atoms. The summed E-state index contributed by atoms with van der Waals surface area (Å²) in [6, 6.07) is 4.83. The van der Waals surface area contributed by atoms with E-state index < -0.39 is 17.9 Å². The van der Waals surface area contributed by atoms with Crippen molar-refractivity contribution in [1.29, 1.82) is 0 Å². The number of imidazole rings is 1. The van der Waals surface area contributed by atoms with Crippen LogP contribution >= 0.6 is 0 Å². The third-order valence-corrected chi connectivity index (χ3v) is 5.17. The van der Waals surface area contributed by atoms with Crippen LogP contribution in [0.3, 0.4) is 0 Å². The molecule has 3 rings (SSSR count). The van der Waals surface area contributed by atoms with Gasteiger partial charge in [-0.25, -0.2) is 4.79 Å². The first kappa shape index (κ1) is 17.3. The van der Waals surface area contributed by atoms with Crippen molar-refractivity contribution in [3.05, 3.63) is 34.2 Å². The van der Waals surface area contributed by atoms with Crippen molar-refractivity contribution in [2.75, 3.05) is 0 Å². The Labute approximate surface area is 145 Å². The Morgan fingerprint density at radius 2 is 1.96 bits per heavy atom. The van der Waals surface area contributed by atoms with Crippen molar-refractivity contribution < 1.29 is 14.7 Å². The third-order valence-electron chi connectivity index (χ3n) is 5.17. The van der Waals surface area contributed by atoms with Crippen molar-refractivity contribution in [2.24, 2.45) is 5.92 Å². The molecule has 1 aromatic heterocycles. The molecule has 2 aromatic rings. The summed E-state index contributed by atoms with van der Waals surface area (Å²) in [5.74, 6) is -1.99. The Bertz CT molecular complexity index is 861. The topological polar surface area (TPSA) is 104 Å². The van der Waals surface area contributed by atoms with Gasteiger partial charge in [-0.1, -0.05) is 12.8 Å². The van der Waals surface area contributed by atoms with Crippen LogP contribution in [0, 0.1) is 5.92 Å². The molecule has 0 radical (unpaired) electrons. The number of nitrogens with zero attached hydrogens (tertiary/aromatic N) is 1. The molecule has 1 aliphatic carbocycles. The Kier molecular flexibility index (Phi) is 4.65. The monoisotopic (exact) mass is 345 g/mol. The summed E-state index contributed by atoms with van der Waals surface area (Å²) in [6.45, 7) is 3.21. The lowest BCUT2D eigenvalue weighted by Gasteiger charge is -2.17. The number of carbonyl (C=O) groups is 2. The average molecular weight is 345 g/mol. The zero-order valence-corrected chi connectivity index (χ0v) is 14.4. The second-order valence-corrected chi connectivity index (χ2v) is 6.86. The van der Waals surface area contributed by atoms with Crippen molar-refractivity contribution in [2.45, 2.75) is 51.6 Å². The highest BCUT2D eigenvalue weighted by Crippen LogP contribution is 2.30. The van der Waals surface area contributed by atoms with Gasteiger partial charge in [-0.05, 0) is 44.9 Å². The Morgan fingerprint density at radius 1 is 1.28 bits per heavy atom. The number of hydrogen-bond acceptors (Lipinski definition) is 3. The number of rotatable bonds is 5. The number of aliphatic carboxylic acids is 1. The number of benzene rings is 1. The molecule has 7 nitrogen and oxygen atoms in total. The first-order chi connectivity index (χ1) is 11.9. The molecule has 1 amide bonds. The van der Waals surface area contributed by atoms with Gasteiger partial charge in [-0.15, -0.1) is 0 Å². The van der Waals surface area contributed by atoms with Crippen molar-refractivity contribution in [3.63, 3.8) is 0 Å². The van der Waals surface area contributed by atoms with E-state index in [1.807, 2.05) is 0 Å². The van der Waals surface area contributed by atoms with E-state index in [1.165, 1.54) is 0 Å². The largest absolute Gasteiger partial charge is 0.481 e. The second kappa shape index (κ2) is 6.74. The highest BCUT2D eigenvalue weighted by Gasteiger charge is 2.23. The standard InChI is InChI=1S/C18H23N3O4/c1-10(17(23)24)11(2)19-16(22)12-7-8-15-14(9-12)20-18(25)21(15)13-5-3-4-6-13/h7-11,13H,3-6H2,1-2H3,(H,19,22)(H,20,25)(H,23,24). The number of nitrogens with one attached hydrogen (secondary N) is 2. The van der Waals surface area contributed by atoms with E-state index in [0.717, 1.165) is 31.2 Å². The molecule has 2 unspecified atom stereocenters. The maximum Gasteiger partial charge on any atom is 0.326 e. The van der Waals surface area contributed by atoms with Crippen LogP contribution in [0.15, 0.2) is 23.0 Å². The van der Waals surface area contributed by atoms with Gasteiger partial charge in [0.05, 0.1) is 17.0 Å². The van der Waals surface area contributed by atoms with Crippen LogP contribution in [-0.2, 0) is 4.79 Å². The van der Waals surface area contributed by atoms with Crippen LogP contribution in [0.2, 0.25) is 0 Å². The SMILES string of the molecule is CC(NC(=O)c1ccc2c(c1)[nH]c(=O)n2C1CCCC1)C(C)C(=O)O. The highest BCUT2D eigenvalue weighted by atomic mass is 16.4. The second-order valence-electron chi connectivity index (χ2n) is 6.86. The summed E-state index contributed by atoms with van der Waals surface area (Å²) in [5, 5.41) is 11.7. The van der Waals surface area contributed by atoms with E-state index in [-0.39, 0.29) is 17.6 Å². The van der Waals surface area contributed by atoms with E-state index in [0.29, 0.717) is 11.1 Å². The molecular weight excluding hydrogens is 322 g/mol. The fourth-order valence-electron chi connectivity index (χ4n) is 3.43. The van der Waals surface area contributed by atoms with E-state index in [9.17, 15) is 14.4 Å². The van der Waals surface area contributed by atoms with Crippen LogP contribution in [0.1, 0.15) is 55.9 Å². The number of aromatic nitrogens is 2. The first-order valence-corrected chi connectivity index (χ1v) is 8.66. The van der Waals surface area contributed by atoms with E-state index >= 15 is 0 Å². The maximum atomic E-state index is 12.4. The summed E-state index contributed by atoms with van der Waals surface area (Å²) in [6.07, 6.45) is 4.26. The van der Waals surface area contributed by atoms with Crippen LogP contribution in [-0.4, -0.2) is 32.6 Å². The molecule has 0 bridgehead atoms. The van der Waals surface area contributed by atoms with Gasteiger partial charge in [0.2, 0.25) is 0 Å². The summed E-state index contributed by atoms with van der Waals surface area (Å²) in [4.78, 5) is 38.5. The van der Waals surface area contributed by atoms with Gasteiger partial charge in [0.15, 0.2) is 0 Å². The minimum atomic E-state index is -0.957. The van der Waals surface area contributed by atoms with Crippen LogP contribution < -0.4 is 11.0 Å². The molecule has 3 N–H and O–H groups in total. The summed E-state index contributed by atoms with van der Waals surface area (Å²) in [7, 11) is 0. The van der Waals surface area contributed by atoms with Crippen molar-refractivity contribution >= 4 is 22.9 Å². The number of H-pyrrole nitrogens is 1. The molecular formula is C18H23N3O4. The van der Waals surface area contributed by atoms with Gasteiger partial charge in [0, 0.05) is 17.6 Å². The number of carbonyl (C=O) groups excluding carboxylic acids is 1. The molecule has 1 aromatic carbocycles. The fraction of sp³-hybridized carbons (Fsp3) is 0.500. The van der Waals surface area contributed by atoms with Crippen LogP contribution in [0.5, 0.6) is 0 Å². The predicted molar refractivity (Wildman–Crippen MR) is 93.8 cm³/mol. The quantitative estimate of drug-likeness (QED) is 0.773. The maximum absolute atomic E-state index is 12.4. The molecule has 2 atom stereocenters. The zero-order valence-electron chi connectivity index (χ0n) is 14.4. The normalized spacial score (nSPS) is 17.5. The summed E-state index contributed by atoms with van der Waals surface area (Å²) < 4.78 is 1.79. The van der Waals surface area contributed by atoms with Gasteiger partial charge in [0.1, 0.15) is 0 Å². The molecule has 1 heterocycles. The molecule has 7 heteroatoms. The molecule has 134 valence electrons. The number of carboxylic acids is 1. The minimum Gasteiger partial charge on any atom is -0.481 e. The molecule has 1 aliphatic rings. The number of hydrogen-bond donors (Lipinski definition) is 3. The summed E-state index contributed by atoms with van der Waals surface area (Å²) >= 11 is 0. The van der Waals surface area contributed by atoms with Gasteiger partial charge >= 0.3 is 11.7 Å². The smallest absolute Gasteiger partial charge is 0.326 e. The predicted octanol–water partition coefficient (Wildman–Crippen LogP) is 2.28. The number of carboxylic acid groups (broad SMARTS) is 1. The van der Waals surface area contributed by atoms with Crippen LogP contribution in [0.4, 0.5) is 0 Å². The van der Waals surface area contributed by atoms with Gasteiger partial charge in [-0.3, -0.25) is 14.2 Å². The van der Waals surface area contributed by atoms with Crippen molar-refractivity contribution in [1.82, 2.24) is 14.9 Å². The fourth-order valence-corrected chi connectivity index (χ4v) is 3.43. The van der Waals surface area contributed by atoms with Crippen LogP contribution in [0.25, 0.3) is 11.0 Å². The molecule has 0 saturated heterocycles. The van der Waals surface area contributed by atoms with E-state index in [4.69, 9.17) is 5.11 Å². The number of fused-ring (bicyclic) bond motifs is 1. The Morgan fingerprint density at radius 3 is 2.60 bits per heavy atom. The van der Waals surface area contributed by atoms with E-state index in [1.54, 1.807) is 36.6 Å². The first-order valence-electron chi connectivity index (χ1n) is 8.66. The zero-order chi connectivity index (χ0) is 18.1. The lowest BCUT2D eigenvalue weighted by molar-refractivity contribution is -0.141. The molecule has 0 aliphatic heterocycles. The highest BCUT2D eigenvalue weighted by molar-refractivity contribution is 5.97. The van der Waals surface area contributed by atoms with Gasteiger partial charge < -0.3 is 15.4 Å². The van der Waals surface area contributed by atoms with Gasteiger partial charge in [-0.2, -0.15) is 0 Å². The molecule has 1 saturated carbocycles. The lowest BCUT2D eigenvalue weighted by Crippen LogP contribution is -2.40. The molecule has 0 spiro atoms. The average Bonchev–Trinajstić information content (AvgIpc) is 3.19. The lowest BCUT2D eigenvalue weighted by atomic mass is 10.0. The Balaban J connectivity index is 1.85. The summed E-state index contributed by atoms with van der Waals surface area (Å²) in [5.41, 5.74) is 1.69. The van der Waals surface area contributed by atoms with E-state index in [2.05, 4.69) is 10.3 Å². The third kappa shape index (κ3) is 3.31. The van der Waals surface area contributed by atoms with Crippen molar-refractivity contribution in [3.8, 4) is 0 Å². The number of aromatic amines is 1. The number of amides is 1. The Hall–Kier alpha value is -2.57. The molecule has 1 fully saturated rings.